The van der Waals surface area contributed by atoms with Gasteiger partial charge in [0, 0.05) is 5.92 Å². The lowest BCUT2D eigenvalue weighted by atomic mass is 9.90. The first-order valence-electron chi connectivity index (χ1n) is 11.5. The number of hydrogen-bond acceptors (Lipinski definition) is 3. The van der Waals surface area contributed by atoms with Crippen LogP contribution in [-0.2, 0) is 9.47 Å². The third-order valence-corrected chi connectivity index (χ3v) is 7.34. The fraction of sp³-hybridized carbons (Fsp3) is 0.250. The van der Waals surface area contributed by atoms with Gasteiger partial charge in [-0.05, 0) is 51.9 Å². The van der Waals surface area contributed by atoms with E-state index in [1.165, 1.54) is 34.4 Å². The van der Waals surface area contributed by atoms with Gasteiger partial charge >= 0.3 is 6.09 Å². The quantitative estimate of drug-likeness (QED) is 0.447. The van der Waals surface area contributed by atoms with E-state index >= 15 is 0 Å². The molecule has 0 spiro atoms. The molecule has 1 aliphatic carbocycles. The van der Waals surface area contributed by atoms with E-state index in [1.54, 1.807) is 11.0 Å². The summed E-state index contributed by atoms with van der Waals surface area (Å²) in [5.74, 6) is -0.352. The minimum absolute atomic E-state index is 0.0151. The van der Waals surface area contributed by atoms with Crippen LogP contribution in [-0.4, -0.2) is 42.9 Å². The van der Waals surface area contributed by atoms with Crippen LogP contribution in [0.3, 0.4) is 0 Å². The molecule has 3 aromatic rings. The third kappa shape index (κ3) is 3.60. The average molecular weight is 476 g/mol. The molecule has 172 valence electrons. The highest BCUT2D eigenvalue weighted by Crippen LogP contribution is 2.45. The largest absolute Gasteiger partial charge is 0.448 e. The van der Waals surface area contributed by atoms with Crippen molar-refractivity contribution in [3.8, 4) is 11.1 Å². The van der Waals surface area contributed by atoms with Crippen molar-refractivity contribution in [2.45, 2.75) is 24.4 Å². The van der Waals surface area contributed by atoms with E-state index in [1.807, 2.05) is 30.3 Å². The summed E-state index contributed by atoms with van der Waals surface area (Å²) in [6.45, 7) is 1.10. The number of rotatable bonds is 3. The van der Waals surface area contributed by atoms with Gasteiger partial charge in [0.05, 0.1) is 30.3 Å². The lowest BCUT2D eigenvalue weighted by molar-refractivity contribution is -0.0331. The maximum atomic E-state index is 13.5. The van der Waals surface area contributed by atoms with Gasteiger partial charge in [-0.25, -0.2) is 9.18 Å². The Morgan fingerprint density at radius 1 is 1.00 bits per heavy atom. The molecule has 2 atom stereocenters. The predicted molar refractivity (Wildman–Crippen MR) is 129 cm³/mol. The van der Waals surface area contributed by atoms with Gasteiger partial charge in [0.2, 0.25) is 0 Å². The molecule has 0 aromatic heterocycles. The molecule has 3 aliphatic rings. The number of carbonyl (C=O) groups is 1. The molecule has 0 N–H and O–H groups in total. The molecule has 4 nitrogen and oxygen atoms in total. The molecule has 3 aromatic carbocycles. The summed E-state index contributed by atoms with van der Waals surface area (Å²) in [7, 11) is 0. The van der Waals surface area contributed by atoms with Crippen molar-refractivity contribution in [2.24, 2.45) is 0 Å². The van der Waals surface area contributed by atoms with Gasteiger partial charge in [-0.15, -0.1) is 0 Å². The number of hydrogen-bond donors (Lipinski definition) is 0. The van der Waals surface area contributed by atoms with E-state index in [9.17, 15) is 9.18 Å². The SMILES string of the molecule is O=C(OCC1c2ccccc2-c2ccccc21)N1C2C=C(c3ccc(F)cc3Cl)CC1COC2. The van der Waals surface area contributed by atoms with E-state index in [4.69, 9.17) is 21.1 Å². The van der Waals surface area contributed by atoms with Gasteiger partial charge in [-0.3, -0.25) is 4.90 Å². The molecule has 2 heterocycles. The van der Waals surface area contributed by atoms with Gasteiger partial charge in [0.1, 0.15) is 12.4 Å². The van der Waals surface area contributed by atoms with E-state index in [0.717, 1.165) is 11.1 Å². The van der Waals surface area contributed by atoms with Gasteiger partial charge in [-0.1, -0.05) is 72.3 Å². The molecule has 1 fully saturated rings. The number of amides is 1. The van der Waals surface area contributed by atoms with Crippen LogP contribution >= 0.6 is 11.6 Å². The van der Waals surface area contributed by atoms with Crippen molar-refractivity contribution in [3.05, 3.63) is 100 Å². The Balaban J connectivity index is 1.23. The molecule has 34 heavy (non-hydrogen) atoms. The minimum Gasteiger partial charge on any atom is -0.448 e. The van der Waals surface area contributed by atoms with Crippen molar-refractivity contribution in [3.63, 3.8) is 0 Å². The van der Waals surface area contributed by atoms with Crippen molar-refractivity contribution < 1.29 is 18.7 Å². The Kier molecular flexibility index (Phi) is 5.39. The van der Waals surface area contributed by atoms with Crippen LogP contribution in [0.5, 0.6) is 0 Å². The number of carbonyl (C=O) groups excluding carboxylic acids is 1. The van der Waals surface area contributed by atoms with E-state index < -0.39 is 0 Å². The molecule has 0 saturated carbocycles. The highest BCUT2D eigenvalue weighted by Gasteiger charge is 2.40. The van der Waals surface area contributed by atoms with Crippen LogP contribution in [0, 0.1) is 5.82 Å². The van der Waals surface area contributed by atoms with Crippen molar-refractivity contribution in [1.82, 2.24) is 4.90 Å². The van der Waals surface area contributed by atoms with Crippen LogP contribution in [0.25, 0.3) is 16.7 Å². The summed E-state index contributed by atoms with van der Waals surface area (Å²) in [5.41, 5.74) is 6.58. The molecule has 6 rings (SSSR count). The normalized spacial score (nSPS) is 21.0. The Bertz CT molecular complexity index is 1260. The number of benzene rings is 3. The number of ether oxygens (including phenoxy) is 2. The number of nitrogens with zero attached hydrogens (tertiary/aromatic N) is 1. The minimum atomic E-state index is -0.367. The summed E-state index contributed by atoms with van der Waals surface area (Å²) in [5, 5.41) is 0.375. The lowest BCUT2D eigenvalue weighted by Crippen LogP contribution is -2.56. The molecule has 2 unspecified atom stereocenters. The fourth-order valence-electron chi connectivity index (χ4n) is 5.50. The number of halogens is 2. The highest BCUT2D eigenvalue weighted by molar-refractivity contribution is 6.32. The molecule has 1 saturated heterocycles. The van der Waals surface area contributed by atoms with Gasteiger partial charge in [0.25, 0.3) is 0 Å². The summed E-state index contributed by atoms with van der Waals surface area (Å²) in [6, 6.07) is 20.6. The first-order valence-corrected chi connectivity index (χ1v) is 11.8. The summed E-state index contributed by atoms with van der Waals surface area (Å²) >= 11 is 6.31. The zero-order chi connectivity index (χ0) is 23.2. The lowest BCUT2D eigenvalue weighted by Gasteiger charge is -2.44. The summed E-state index contributed by atoms with van der Waals surface area (Å²) in [4.78, 5) is 15.1. The average Bonchev–Trinajstić information content (AvgIpc) is 3.15. The smallest absolute Gasteiger partial charge is 0.410 e. The number of fused-ring (bicyclic) bond motifs is 5. The molecule has 2 bridgehead atoms. The van der Waals surface area contributed by atoms with Crippen LogP contribution in [0.15, 0.2) is 72.8 Å². The molecule has 2 aliphatic heterocycles. The first kappa shape index (κ1) is 21.4. The maximum absolute atomic E-state index is 13.5. The van der Waals surface area contributed by atoms with Crippen LogP contribution in [0.4, 0.5) is 9.18 Å². The molecule has 1 amide bonds. The first-order chi connectivity index (χ1) is 16.6. The van der Waals surface area contributed by atoms with Gasteiger partial charge in [0.15, 0.2) is 0 Å². The topological polar surface area (TPSA) is 38.8 Å². The Labute approximate surface area is 202 Å². The maximum Gasteiger partial charge on any atom is 0.410 e. The van der Waals surface area contributed by atoms with Crippen molar-refractivity contribution in [2.75, 3.05) is 19.8 Å². The molecular weight excluding hydrogens is 453 g/mol. The predicted octanol–water partition coefficient (Wildman–Crippen LogP) is 6.28. The van der Waals surface area contributed by atoms with Gasteiger partial charge in [-0.2, -0.15) is 0 Å². The van der Waals surface area contributed by atoms with E-state index in [-0.39, 0.29) is 36.5 Å². The monoisotopic (exact) mass is 475 g/mol. The molecule has 6 heteroatoms. The second-order valence-corrected chi connectivity index (χ2v) is 9.40. The van der Waals surface area contributed by atoms with Crippen LogP contribution < -0.4 is 0 Å². The summed E-state index contributed by atoms with van der Waals surface area (Å²) < 4.78 is 25.2. The molecule has 0 radical (unpaired) electrons. The zero-order valence-corrected chi connectivity index (χ0v) is 19.2. The van der Waals surface area contributed by atoms with Crippen LogP contribution in [0.2, 0.25) is 5.02 Å². The fourth-order valence-corrected chi connectivity index (χ4v) is 5.79. The Morgan fingerprint density at radius 3 is 2.38 bits per heavy atom. The van der Waals surface area contributed by atoms with Crippen LogP contribution in [0.1, 0.15) is 29.0 Å². The standard InChI is InChI=1S/C28H23ClFNO3/c29-27-13-18(30)9-10-21(27)17-11-19-14-33-15-20(12-17)31(19)28(32)34-16-26-24-7-3-1-5-22(24)23-6-2-4-8-25(23)26/h1-11,13,19-20,26H,12,14-16H2. The second kappa shape index (κ2) is 8.57. The third-order valence-electron chi connectivity index (χ3n) is 7.02. The second-order valence-electron chi connectivity index (χ2n) is 8.99. The van der Waals surface area contributed by atoms with Gasteiger partial charge < -0.3 is 9.47 Å². The Hall–Kier alpha value is -3.15. The molecular formula is C28H23ClFNO3. The van der Waals surface area contributed by atoms with E-state index in [2.05, 4.69) is 24.3 Å². The van der Waals surface area contributed by atoms with E-state index in [0.29, 0.717) is 24.7 Å². The van der Waals surface area contributed by atoms with Crippen molar-refractivity contribution in [1.29, 1.82) is 0 Å². The highest BCUT2D eigenvalue weighted by atomic mass is 35.5. The zero-order valence-electron chi connectivity index (χ0n) is 18.4. The van der Waals surface area contributed by atoms with Crippen molar-refractivity contribution >= 4 is 23.3 Å². The number of morpholine rings is 1. The summed E-state index contributed by atoms with van der Waals surface area (Å²) in [6.07, 6.45) is 2.24. The Morgan fingerprint density at radius 2 is 1.71 bits per heavy atom.